The smallest absolute Gasteiger partial charge is 0.234 e. The van der Waals surface area contributed by atoms with E-state index in [0.717, 1.165) is 24.3 Å². The van der Waals surface area contributed by atoms with Crippen LogP contribution in [0.4, 0.5) is 0 Å². The minimum absolute atomic E-state index is 0.00939. The molecule has 2 heterocycles. The summed E-state index contributed by atoms with van der Waals surface area (Å²) >= 11 is 1.69. The zero-order valence-electron chi connectivity index (χ0n) is 15.0. The van der Waals surface area contributed by atoms with Gasteiger partial charge in [0.2, 0.25) is 5.91 Å². The molecule has 0 bridgehead atoms. The van der Waals surface area contributed by atoms with Gasteiger partial charge in [0.15, 0.2) is 11.5 Å². The molecule has 0 fully saturated rings. The van der Waals surface area contributed by atoms with Gasteiger partial charge in [0.05, 0.1) is 33.4 Å². The first-order valence-corrected chi connectivity index (χ1v) is 9.28. The summed E-state index contributed by atoms with van der Waals surface area (Å²) < 4.78 is 10.9. The number of hydrogen-bond donors (Lipinski definition) is 1. The van der Waals surface area contributed by atoms with Gasteiger partial charge < -0.3 is 14.8 Å². The summed E-state index contributed by atoms with van der Waals surface area (Å²) in [6.07, 6.45) is 6.08. The lowest BCUT2D eigenvalue weighted by atomic mass is 9.91. The summed E-state index contributed by atoms with van der Waals surface area (Å²) in [6, 6.07) is 8.23. The second kappa shape index (κ2) is 8.26. The van der Waals surface area contributed by atoms with Crippen LogP contribution < -0.4 is 14.8 Å². The number of nitrogens with zero attached hydrogens (tertiary/aromatic N) is 1. The Morgan fingerprint density at radius 1 is 1.38 bits per heavy atom. The van der Waals surface area contributed by atoms with E-state index in [4.69, 9.17) is 15.9 Å². The van der Waals surface area contributed by atoms with Crippen LogP contribution in [0, 0.1) is 12.3 Å². The van der Waals surface area contributed by atoms with Crippen molar-refractivity contribution in [2.24, 2.45) is 0 Å². The number of benzene rings is 1. The number of carbonyl (C=O) groups excluding carboxylic acids is 1. The maximum atomic E-state index is 12.2. The number of thiophene rings is 1. The predicted molar refractivity (Wildman–Crippen MR) is 103 cm³/mol. The van der Waals surface area contributed by atoms with Crippen LogP contribution in [0.3, 0.4) is 0 Å². The van der Waals surface area contributed by atoms with Crippen LogP contribution in [0.25, 0.3) is 0 Å². The van der Waals surface area contributed by atoms with Crippen molar-refractivity contribution >= 4 is 17.2 Å². The van der Waals surface area contributed by atoms with Crippen LogP contribution in [-0.2, 0) is 11.2 Å². The summed E-state index contributed by atoms with van der Waals surface area (Å²) in [5.41, 5.74) is 2.38. The van der Waals surface area contributed by atoms with Gasteiger partial charge >= 0.3 is 0 Å². The molecule has 136 valence electrons. The van der Waals surface area contributed by atoms with Crippen LogP contribution in [0.2, 0.25) is 0 Å². The average Bonchev–Trinajstić information content (AvgIpc) is 3.19. The van der Waals surface area contributed by atoms with E-state index in [0.29, 0.717) is 12.3 Å². The van der Waals surface area contributed by atoms with Gasteiger partial charge in [-0.25, -0.2) is 0 Å². The largest absolute Gasteiger partial charge is 0.493 e. The Kier molecular flexibility index (Phi) is 5.82. The van der Waals surface area contributed by atoms with Crippen molar-refractivity contribution < 1.29 is 14.3 Å². The van der Waals surface area contributed by atoms with Crippen molar-refractivity contribution in [3.63, 3.8) is 0 Å². The summed E-state index contributed by atoms with van der Waals surface area (Å²) in [7, 11) is 3.28. The maximum absolute atomic E-state index is 12.2. The van der Waals surface area contributed by atoms with Crippen LogP contribution >= 0.6 is 11.3 Å². The third kappa shape index (κ3) is 3.69. The number of terminal acetylenes is 1. The van der Waals surface area contributed by atoms with Gasteiger partial charge in [0, 0.05) is 11.4 Å². The highest BCUT2D eigenvalue weighted by Crippen LogP contribution is 2.41. The van der Waals surface area contributed by atoms with Gasteiger partial charge in [-0.1, -0.05) is 12.0 Å². The zero-order chi connectivity index (χ0) is 18.5. The zero-order valence-corrected chi connectivity index (χ0v) is 15.8. The third-order valence-electron chi connectivity index (χ3n) is 4.52. The minimum Gasteiger partial charge on any atom is -0.493 e. The Hall–Kier alpha value is -2.49. The number of methoxy groups -OCH3 is 2. The third-order valence-corrected chi connectivity index (χ3v) is 5.45. The molecular formula is C20H22N2O3S. The second-order valence-electron chi connectivity index (χ2n) is 6.03. The Bertz CT molecular complexity index is 811. The molecule has 5 nitrogen and oxygen atoms in total. The number of hydrogen-bond acceptors (Lipinski definition) is 5. The first-order valence-electron chi connectivity index (χ1n) is 8.40. The summed E-state index contributed by atoms with van der Waals surface area (Å²) in [5, 5.41) is 4.81. The number of nitrogens with one attached hydrogen (secondary N) is 1. The minimum atomic E-state index is -0.0616. The monoisotopic (exact) mass is 370 g/mol. The molecule has 0 unspecified atom stereocenters. The molecule has 0 saturated carbocycles. The van der Waals surface area contributed by atoms with Gasteiger partial charge in [-0.15, -0.1) is 17.8 Å². The Morgan fingerprint density at radius 3 is 2.81 bits per heavy atom. The molecule has 26 heavy (non-hydrogen) atoms. The van der Waals surface area contributed by atoms with Gasteiger partial charge in [0.25, 0.3) is 0 Å². The number of fused-ring (bicyclic) bond motifs is 1. The average molecular weight is 370 g/mol. The van der Waals surface area contributed by atoms with Gasteiger partial charge in [0.1, 0.15) is 0 Å². The topological polar surface area (TPSA) is 50.8 Å². The molecular weight excluding hydrogens is 348 g/mol. The van der Waals surface area contributed by atoms with E-state index < -0.39 is 0 Å². The molecule has 1 atom stereocenters. The van der Waals surface area contributed by atoms with Crippen molar-refractivity contribution in [3.8, 4) is 23.8 Å². The Balaban J connectivity index is 1.97. The molecule has 1 aromatic carbocycles. The first-order chi connectivity index (χ1) is 12.7. The van der Waals surface area contributed by atoms with Crippen LogP contribution in [0.1, 0.15) is 22.0 Å². The highest BCUT2D eigenvalue weighted by Gasteiger charge is 2.32. The van der Waals surface area contributed by atoms with Gasteiger partial charge in [-0.05, 0) is 41.1 Å². The summed E-state index contributed by atoms with van der Waals surface area (Å²) in [5.74, 6) is 3.81. The van der Waals surface area contributed by atoms with Gasteiger partial charge in [-0.3, -0.25) is 9.69 Å². The maximum Gasteiger partial charge on any atom is 0.234 e. The standard InChI is InChI=1S/C20H22N2O3S/c1-4-8-21-19(23)13-22-9-7-14-11-16(24-2)17(25-3)12-15(14)20(22)18-6-5-10-26-18/h1,5-6,10-12,20H,7-9,13H2,2-3H3,(H,21,23)/t20-/m0/s1. The van der Waals surface area contributed by atoms with Crippen molar-refractivity contribution in [3.05, 3.63) is 45.6 Å². The Morgan fingerprint density at radius 2 is 2.15 bits per heavy atom. The molecule has 0 spiro atoms. The highest BCUT2D eigenvalue weighted by atomic mass is 32.1. The quantitative estimate of drug-likeness (QED) is 0.794. The van der Waals surface area contributed by atoms with E-state index in [1.165, 1.54) is 10.4 Å². The number of ether oxygens (including phenoxy) is 2. The lowest BCUT2D eigenvalue weighted by Gasteiger charge is -2.36. The molecule has 1 aliphatic rings. The van der Waals surface area contributed by atoms with Gasteiger partial charge in [-0.2, -0.15) is 0 Å². The lowest BCUT2D eigenvalue weighted by Crippen LogP contribution is -2.43. The van der Waals surface area contributed by atoms with E-state index in [1.54, 1.807) is 25.6 Å². The molecule has 1 aliphatic heterocycles. The SMILES string of the molecule is C#CCNC(=O)CN1CCc2cc(OC)c(OC)cc2[C@H]1c1cccs1. The highest BCUT2D eigenvalue weighted by molar-refractivity contribution is 7.10. The van der Waals surface area contributed by atoms with E-state index in [1.807, 2.05) is 18.2 Å². The van der Waals surface area contributed by atoms with Crippen molar-refractivity contribution in [2.75, 3.05) is 33.9 Å². The van der Waals surface area contributed by atoms with Crippen LogP contribution in [0.5, 0.6) is 11.5 Å². The number of rotatable bonds is 6. The lowest BCUT2D eigenvalue weighted by molar-refractivity contribution is -0.122. The van der Waals surface area contributed by atoms with E-state index in [9.17, 15) is 4.79 Å². The molecule has 6 heteroatoms. The summed E-state index contributed by atoms with van der Waals surface area (Å²) in [6.45, 7) is 1.34. The fourth-order valence-corrected chi connectivity index (χ4v) is 4.21. The van der Waals surface area contributed by atoms with E-state index in [2.05, 4.69) is 27.6 Å². The molecule has 0 saturated heterocycles. The second-order valence-corrected chi connectivity index (χ2v) is 7.00. The number of amides is 1. The predicted octanol–water partition coefficient (Wildman–Crippen LogP) is 2.46. The molecule has 1 aromatic heterocycles. The Labute approximate surface area is 157 Å². The summed E-state index contributed by atoms with van der Waals surface area (Å²) in [4.78, 5) is 15.6. The van der Waals surface area contributed by atoms with E-state index in [-0.39, 0.29) is 18.5 Å². The number of carbonyl (C=O) groups is 1. The van der Waals surface area contributed by atoms with Crippen molar-refractivity contribution in [1.29, 1.82) is 0 Å². The van der Waals surface area contributed by atoms with Crippen molar-refractivity contribution in [2.45, 2.75) is 12.5 Å². The molecule has 1 N–H and O–H groups in total. The van der Waals surface area contributed by atoms with Crippen LogP contribution in [-0.4, -0.2) is 44.7 Å². The molecule has 0 radical (unpaired) electrons. The molecule has 3 rings (SSSR count). The molecule has 1 amide bonds. The molecule has 2 aromatic rings. The first kappa shape index (κ1) is 18.3. The fourth-order valence-electron chi connectivity index (χ4n) is 3.34. The van der Waals surface area contributed by atoms with E-state index >= 15 is 0 Å². The molecule has 0 aliphatic carbocycles. The van der Waals surface area contributed by atoms with Crippen LogP contribution in [0.15, 0.2) is 29.6 Å². The van der Waals surface area contributed by atoms with Crippen molar-refractivity contribution in [1.82, 2.24) is 10.2 Å². The normalized spacial score (nSPS) is 16.4. The fraction of sp³-hybridized carbons (Fsp3) is 0.350.